The molecule has 4 aromatic rings. The number of hydrogen-bond acceptors (Lipinski definition) is 8. The SMILES string of the molecule is C=CCOC(=O)NCc1cccc(-c2cccc([C@@H]3O[C@H](CSc4nncn4C)C[C@H](c4ccc(CO)cc4)O3)c2)c1. The summed E-state index contributed by atoms with van der Waals surface area (Å²) in [5.41, 5.74) is 5.78. The van der Waals surface area contributed by atoms with Crippen molar-refractivity contribution in [2.24, 2.45) is 7.05 Å². The Balaban J connectivity index is 1.34. The summed E-state index contributed by atoms with van der Waals surface area (Å²) < 4.78 is 19.9. The molecule has 2 heterocycles. The Morgan fingerprint density at radius 3 is 2.62 bits per heavy atom. The number of carbonyl (C=O) groups is 1. The normalized spacial score (nSPS) is 18.4. The Labute approximate surface area is 249 Å². The molecule has 5 rings (SSSR count). The van der Waals surface area contributed by atoms with Crippen molar-refractivity contribution in [3.8, 4) is 11.1 Å². The molecule has 1 saturated heterocycles. The van der Waals surface area contributed by atoms with Crippen molar-refractivity contribution in [2.45, 2.75) is 43.2 Å². The minimum Gasteiger partial charge on any atom is -0.445 e. The number of aliphatic hydroxyl groups is 1. The number of ether oxygens (including phenoxy) is 3. The number of nitrogens with zero attached hydrogens (tertiary/aromatic N) is 3. The molecule has 1 aromatic heterocycles. The molecule has 218 valence electrons. The molecule has 1 aliphatic heterocycles. The summed E-state index contributed by atoms with van der Waals surface area (Å²) in [6.07, 6.45) is 2.57. The first-order valence-corrected chi connectivity index (χ1v) is 14.7. The minimum atomic E-state index is -0.573. The standard InChI is InChI=1S/C32H34N4O5S/c1-3-14-39-32(38)33-18-23-6-4-7-25(15-23)26-8-5-9-27(16-26)30-40-28(20-42-31-35-34-21-36(31)2)17-29(41-30)24-12-10-22(19-37)11-13-24/h3-13,15-16,21,28-30,37H,1,14,17-20H2,2H3,(H,33,38)/t28-,29+,30+/m0/s1. The third-order valence-corrected chi connectivity index (χ3v) is 8.04. The van der Waals surface area contributed by atoms with E-state index < -0.39 is 12.4 Å². The molecule has 1 fully saturated rings. The zero-order chi connectivity index (χ0) is 29.3. The molecule has 0 spiro atoms. The minimum absolute atomic E-state index is 0.00203. The van der Waals surface area contributed by atoms with Crippen LogP contribution >= 0.6 is 11.8 Å². The summed E-state index contributed by atoms with van der Waals surface area (Å²) in [5.74, 6) is 0.696. The first-order valence-electron chi connectivity index (χ1n) is 13.7. The van der Waals surface area contributed by atoms with Gasteiger partial charge in [-0.1, -0.05) is 85.1 Å². The van der Waals surface area contributed by atoms with Crippen LogP contribution in [0.2, 0.25) is 0 Å². The molecule has 0 aliphatic carbocycles. The Hall–Kier alpha value is -3.96. The molecular formula is C32H34N4O5S. The van der Waals surface area contributed by atoms with Crippen LogP contribution in [0.3, 0.4) is 0 Å². The van der Waals surface area contributed by atoms with Crippen LogP contribution in [-0.4, -0.2) is 44.4 Å². The van der Waals surface area contributed by atoms with Gasteiger partial charge in [-0.25, -0.2) is 4.79 Å². The number of aromatic nitrogens is 3. The summed E-state index contributed by atoms with van der Waals surface area (Å²) in [6, 6.07) is 24.0. The van der Waals surface area contributed by atoms with Crippen molar-refractivity contribution in [3.05, 3.63) is 114 Å². The van der Waals surface area contributed by atoms with Gasteiger partial charge >= 0.3 is 6.09 Å². The average Bonchev–Trinajstić information content (AvgIpc) is 3.46. The van der Waals surface area contributed by atoms with Gasteiger partial charge in [-0.3, -0.25) is 0 Å². The summed E-state index contributed by atoms with van der Waals surface area (Å²) in [7, 11) is 1.92. The number of rotatable bonds is 11. The molecule has 0 unspecified atom stereocenters. The van der Waals surface area contributed by atoms with Gasteiger partial charge in [-0.2, -0.15) is 0 Å². The fourth-order valence-corrected chi connectivity index (χ4v) is 5.58. The lowest BCUT2D eigenvalue weighted by atomic mass is 9.99. The van der Waals surface area contributed by atoms with Crippen molar-refractivity contribution in [2.75, 3.05) is 12.4 Å². The Kier molecular flexibility index (Phi) is 10.0. The summed E-state index contributed by atoms with van der Waals surface area (Å²) in [5, 5.41) is 21.2. The van der Waals surface area contributed by atoms with E-state index >= 15 is 0 Å². The molecule has 9 nitrogen and oxygen atoms in total. The van der Waals surface area contributed by atoms with Crippen LogP contribution in [0.25, 0.3) is 11.1 Å². The third-order valence-electron chi connectivity index (χ3n) is 6.87. The largest absolute Gasteiger partial charge is 0.445 e. The topological polar surface area (TPSA) is 108 Å². The fraction of sp³-hybridized carbons (Fsp3) is 0.281. The van der Waals surface area contributed by atoms with E-state index in [0.717, 1.165) is 38.5 Å². The second kappa shape index (κ2) is 14.3. The van der Waals surface area contributed by atoms with E-state index in [4.69, 9.17) is 14.2 Å². The summed E-state index contributed by atoms with van der Waals surface area (Å²) in [4.78, 5) is 11.8. The lowest BCUT2D eigenvalue weighted by molar-refractivity contribution is -0.245. The molecule has 2 N–H and O–H groups in total. The first-order chi connectivity index (χ1) is 20.5. The van der Waals surface area contributed by atoms with E-state index in [1.807, 2.05) is 78.3 Å². The molecule has 0 radical (unpaired) electrons. The zero-order valence-electron chi connectivity index (χ0n) is 23.4. The predicted octanol–water partition coefficient (Wildman–Crippen LogP) is 5.72. The molecule has 10 heteroatoms. The maximum atomic E-state index is 11.8. The molecule has 42 heavy (non-hydrogen) atoms. The number of aliphatic hydroxyl groups excluding tert-OH is 1. The van der Waals surface area contributed by atoms with Gasteiger partial charge in [0.15, 0.2) is 11.4 Å². The van der Waals surface area contributed by atoms with Crippen LogP contribution in [-0.2, 0) is 34.4 Å². The smallest absolute Gasteiger partial charge is 0.407 e. The highest BCUT2D eigenvalue weighted by Gasteiger charge is 2.32. The van der Waals surface area contributed by atoms with E-state index in [-0.39, 0.29) is 25.4 Å². The van der Waals surface area contributed by atoms with Gasteiger partial charge in [-0.15, -0.1) is 10.2 Å². The second-order valence-electron chi connectivity index (χ2n) is 9.95. The van der Waals surface area contributed by atoms with Crippen LogP contribution in [0.1, 0.15) is 41.1 Å². The lowest BCUT2D eigenvalue weighted by Crippen LogP contribution is -2.31. The average molecular weight is 587 g/mol. The van der Waals surface area contributed by atoms with Crippen molar-refractivity contribution in [1.82, 2.24) is 20.1 Å². The molecular weight excluding hydrogens is 552 g/mol. The van der Waals surface area contributed by atoms with E-state index in [2.05, 4.69) is 28.2 Å². The van der Waals surface area contributed by atoms with Crippen molar-refractivity contribution in [3.63, 3.8) is 0 Å². The highest BCUT2D eigenvalue weighted by atomic mass is 32.2. The van der Waals surface area contributed by atoms with Crippen LogP contribution < -0.4 is 5.32 Å². The molecule has 1 amide bonds. The molecule has 3 atom stereocenters. The van der Waals surface area contributed by atoms with Gasteiger partial charge < -0.3 is 29.2 Å². The number of aryl methyl sites for hydroxylation is 1. The van der Waals surface area contributed by atoms with E-state index in [1.165, 1.54) is 6.08 Å². The number of benzene rings is 3. The third kappa shape index (κ3) is 7.65. The number of hydrogen-bond donors (Lipinski definition) is 2. The fourth-order valence-electron chi connectivity index (χ4n) is 4.68. The van der Waals surface area contributed by atoms with E-state index in [9.17, 15) is 9.90 Å². The summed E-state index contributed by atoms with van der Waals surface area (Å²) in [6.45, 7) is 4.06. The highest BCUT2D eigenvalue weighted by molar-refractivity contribution is 7.99. The monoisotopic (exact) mass is 586 g/mol. The number of alkyl carbamates (subject to hydrolysis) is 1. The maximum absolute atomic E-state index is 11.8. The second-order valence-corrected chi connectivity index (χ2v) is 10.9. The van der Waals surface area contributed by atoms with E-state index in [1.54, 1.807) is 18.1 Å². The Morgan fingerprint density at radius 2 is 1.88 bits per heavy atom. The van der Waals surface area contributed by atoms with Crippen LogP contribution in [0.15, 0.2) is 96.9 Å². The Morgan fingerprint density at radius 1 is 1.10 bits per heavy atom. The van der Waals surface area contributed by atoms with Crippen LogP contribution in [0.5, 0.6) is 0 Å². The van der Waals surface area contributed by atoms with Crippen LogP contribution in [0.4, 0.5) is 4.79 Å². The molecule has 0 bridgehead atoms. The van der Waals surface area contributed by atoms with E-state index in [0.29, 0.717) is 18.7 Å². The van der Waals surface area contributed by atoms with Gasteiger partial charge in [0.1, 0.15) is 12.9 Å². The lowest BCUT2D eigenvalue weighted by Gasteiger charge is -2.36. The van der Waals surface area contributed by atoms with Gasteiger partial charge in [0.2, 0.25) is 0 Å². The number of thioether (sulfide) groups is 1. The van der Waals surface area contributed by atoms with Gasteiger partial charge in [0, 0.05) is 31.3 Å². The maximum Gasteiger partial charge on any atom is 0.407 e. The first kappa shape index (κ1) is 29.5. The number of amides is 1. The molecule has 1 aliphatic rings. The molecule has 3 aromatic carbocycles. The zero-order valence-corrected chi connectivity index (χ0v) is 24.2. The highest BCUT2D eigenvalue weighted by Crippen LogP contribution is 2.40. The van der Waals surface area contributed by atoms with Crippen molar-refractivity contribution >= 4 is 17.9 Å². The van der Waals surface area contributed by atoms with Crippen molar-refractivity contribution in [1.29, 1.82) is 0 Å². The number of nitrogens with one attached hydrogen (secondary N) is 1. The van der Waals surface area contributed by atoms with Gasteiger partial charge in [0.25, 0.3) is 0 Å². The summed E-state index contributed by atoms with van der Waals surface area (Å²) >= 11 is 1.61. The quantitative estimate of drug-likeness (QED) is 0.170. The molecule has 0 saturated carbocycles. The Bertz CT molecular complexity index is 1490. The van der Waals surface area contributed by atoms with Crippen molar-refractivity contribution < 1.29 is 24.1 Å². The predicted molar refractivity (Wildman–Crippen MR) is 160 cm³/mol. The number of carbonyl (C=O) groups excluding carboxylic acids is 1. The van der Waals surface area contributed by atoms with Crippen LogP contribution in [0, 0.1) is 0 Å². The van der Waals surface area contributed by atoms with Gasteiger partial charge in [0.05, 0.1) is 18.8 Å². The van der Waals surface area contributed by atoms with Gasteiger partial charge in [-0.05, 0) is 39.9 Å².